The Hall–Kier alpha value is -4.66. The lowest BCUT2D eigenvalue weighted by Gasteiger charge is -2.26. The maximum atomic E-state index is 4.71. The zero-order valence-corrected chi connectivity index (χ0v) is 25.1. The first-order valence-corrected chi connectivity index (χ1v) is 13.6. The van der Waals surface area contributed by atoms with Crippen LogP contribution in [0.4, 0.5) is 23.3 Å². The smallest absolute Gasteiger partial charge is 0.231 e. The van der Waals surface area contributed by atoms with Crippen LogP contribution in [0.5, 0.6) is 0 Å². The first-order valence-electron chi connectivity index (χ1n) is 13.6. The highest BCUT2D eigenvalue weighted by atomic mass is 15.4. The Bertz CT molecular complexity index is 1420. The molecule has 0 radical (unpaired) electrons. The summed E-state index contributed by atoms with van der Waals surface area (Å²) in [4.78, 5) is 17.6. The van der Waals surface area contributed by atoms with Gasteiger partial charge in [0.05, 0.1) is 11.4 Å². The molecule has 212 valence electrons. The largest absolute Gasteiger partial charge is 0.324 e. The summed E-state index contributed by atoms with van der Waals surface area (Å²) in [5.74, 6) is 1.44. The van der Waals surface area contributed by atoms with Crippen molar-refractivity contribution < 1.29 is 0 Å². The predicted octanol–water partition coefficient (Wildman–Crippen LogP) is 7.28. The van der Waals surface area contributed by atoms with E-state index in [-0.39, 0.29) is 10.8 Å². The Kier molecular flexibility index (Phi) is 8.76. The Morgan fingerprint density at radius 3 is 1.41 bits per heavy atom. The van der Waals surface area contributed by atoms with Crippen molar-refractivity contribution >= 4 is 34.7 Å². The minimum absolute atomic E-state index is 0.0208. The van der Waals surface area contributed by atoms with Gasteiger partial charge in [-0.1, -0.05) is 47.6 Å². The van der Waals surface area contributed by atoms with Crippen molar-refractivity contribution in [1.29, 1.82) is 0 Å². The summed E-state index contributed by atoms with van der Waals surface area (Å²) < 4.78 is 0. The molecule has 1 aromatic carbocycles. The Labute approximate surface area is 242 Å². The van der Waals surface area contributed by atoms with Gasteiger partial charge in [0.1, 0.15) is 0 Å². The first kappa shape index (κ1) is 29.3. The third-order valence-corrected chi connectivity index (χ3v) is 6.52. The molecule has 3 heterocycles. The quantitative estimate of drug-likeness (QED) is 0.156. The lowest BCUT2D eigenvalue weighted by Crippen LogP contribution is -2.17. The molecule has 3 N–H and O–H groups in total. The fourth-order valence-electron chi connectivity index (χ4n) is 3.91. The van der Waals surface area contributed by atoms with E-state index in [1.54, 1.807) is 30.9 Å². The average molecular weight is 550 g/mol. The van der Waals surface area contributed by atoms with Crippen molar-refractivity contribution in [2.75, 3.05) is 16.2 Å². The standard InChI is InChI=1S/C32H39N9/c1-21(23-9-13-33-14-10-23)38-40-28-20-29(41-39-22(2)24-11-15-34-16-12-24)37-30(36-28)35-27-18-25(31(3,4)5)17-26(19-27)32(6,7)8/h9-20H,1-8H3,(H3,35,36,37,40,41). The number of aromatic nitrogens is 4. The van der Waals surface area contributed by atoms with Crippen LogP contribution in [-0.2, 0) is 10.8 Å². The molecule has 0 spiro atoms. The van der Waals surface area contributed by atoms with Crippen molar-refractivity contribution in [2.24, 2.45) is 10.2 Å². The van der Waals surface area contributed by atoms with Gasteiger partial charge in [-0.2, -0.15) is 20.2 Å². The summed E-state index contributed by atoms with van der Waals surface area (Å²) in [6.45, 7) is 17.2. The minimum Gasteiger partial charge on any atom is -0.324 e. The minimum atomic E-state index is -0.0208. The Morgan fingerprint density at radius 1 is 0.610 bits per heavy atom. The summed E-state index contributed by atoms with van der Waals surface area (Å²) in [7, 11) is 0. The van der Waals surface area contributed by atoms with Crippen molar-refractivity contribution in [2.45, 2.75) is 66.2 Å². The van der Waals surface area contributed by atoms with Gasteiger partial charge in [0.25, 0.3) is 0 Å². The summed E-state index contributed by atoms with van der Waals surface area (Å²) in [6, 6.07) is 16.0. The van der Waals surface area contributed by atoms with E-state index in [9.17, 15) is 0 Å². The molecule has 0 unspecified atom stereocenters. The van der Waals surface area contributed by atoms with Gasteiger partial charge in [-0.05, 0) is 72.2 Å². The van der Waals surface area contributed by atoms with E-state index in [4.69, 9.17) is 9.97 Å². The summed E-state index contributed by atoms with van der Waals surface area (Å²) >= 11 is 0. The highest BCUT2D eigenvalue weighted by molar-refractivity contribution is 5.99. The van der Waals surface area contributed by atoms with Crippen LogP contribution in [0.25, 0.3) is 0 Å². The Morgan fingerprint density at radius 2 is 1.02 bits per heavy atom. The molecule has 3 aromatic heterocycles. The molecule has 4 aromatic rings. The SMILES string of the molecule is CC(=NNc1cc(NN=C(C)c2ccncc2)nc(Nc2cc(C(C)(C)C)cc(C(C)(C)C)c2)n1)c1ccncc1. The molecule has 0 bridgehead atoms. The number of hydrazone groups is 2. The normalized spacial score (nSPS) is 12.7. The van der Waals surface area contributed by atoms with Crippen molar-refractivity contribution in [3.05, 3.63) is 95.6 Å². The number of hydrogen-bond acceptors (Lipinski definition) is 9. The van der Waals surface area contributed by atoms with E-state index < -0.39 is 0 Å². The molecule has 0 atom stereocenters. The lowest BCUT2D eigenvalue weighted by atomic mass is 9.80. The van der Waals surface area contributed by atoms with Crippen LogP contribution in [0, 0.1) is 0 Å². The number of hydrogen-bond donors (Lipinski definition) is 3. The molecule has 4 rings (SSSR count). The maximum Gasteiger partial charge on any atom is 0.231 e. The Balaban J connectivity index is 1.70. The molecule has 9 heteroatoms. The summed E-state index contributed by atoms with van der Waals surface area (Å²) in [5, 5.41) is 12.5. The van der Waals surface area contributed by atoms with Gasteiger partial charge in [0.15, 0.2) is 11.6 Å². The van der Waals surface area contributed by atoms with Crippen molar-refractivity contribution in [3.63, 3.8) is 0 Å². The molecule has 0 aliphatic carbocycles. The zero-order valence-electron chi connectivity index (χ0n) is 25.1. The second-order valence-electron chi connectivity index (χ2n) is 12.0. The number of nitrogens with one attached hydrogen (secondary N) is 3. The third kappa shape index (κ3) is 8.17. The van der Waals surface area contributed by atoms with E-state index in [0.717, 1.165) is 28.2 Å². The van der Waals surface area contributed by atoms with Gasteiger partial charge in [-0.25, -0.2) is 0 Å². The third-order valence-electron chi connectivity index (χ3n) is 6.52. The van der Waals surface area contributed by atoms with Gasteiger partial charge in [-0.3, -0.25) is 20.8 Å². The fraction of sp³-hybridized carbons (Fsp3) is 0.312. The molecule has 41 heavy (non-hydrogen) atoms. The number of rotatable bonds is 8. The fourth-order valence-corrected chi connectivity index (χ4v) is 3.91. The van der Waals surface area contributed by atoms with Gasteiger partial charge < -0.3 is 5.32 Å². The molecule has 9 nitrogen and oxygen atoms in total. The maximum absolute atomic E-state index is 4.71. The lowest BCUT2D eigenvalue weighted by molar-refractivity contribution is 0.569. The number of benzene rings is 1. The number of nitrogens with zero attached hydrogens (tertiary/aromatic N) is 6. The van der Waals surface area contributed by atoms with Crippen LogP contribution in [0.15, 0.2) is 83.5 Å². The highest BCUT2D eigenvalue weighted by Crippen LogP contribution is 2.33. The van der Waals surface area contributed by atoms with Gasteiger partial charge in [0, 0.05) is 47.7 Å². The number of anilines is 4. The molecule has 0 fully saturated rings. The second-order valence-corrected chi connectivity index (χ2v) is 12.0. The number of pyridine rings is 2. The van der Waals surface area contributed by atoms with E-state index >= 15 is 0 Å². The molecule has 0 saturated carbocycles. The van der Waals surface area contributed by atoms with Gasteiger partial charge in [0.2, 0.25) is 5.95 Å². The predicted molar refractivity (Wildman–Crippen MR) is 169 cm³/mol. The summed E-state index contributed by atoms with van der Waals surface area (Å²) in [6.07, 6.45) is 6.96. The molecule has 0 amide bonds. The van der Waals surface area contributed by atoms with E-state index in [1.165, 1.54) is 11.1 Å². The zero-order chi connectivity index (χ0) is 29.6. The van der Waals surface area contributed by atoms with Crippen LogP contribution in [0.1, 0.15) is 77.6 Å². The molecule has 0 saturated heterocycles. The molecule has 0 aliphatic rings. The van der Waals surface area contributed by atoms with Crippen molar-refractivity contribution in [1.82, 2.24) is 19.9 Å². The topological polar surface area (TPSA) is 112 Å². The van der Waals surface area contributed by atoms with E-state index in [0.29, 0.717) is 17.6 Å². The molecular weight excluding hydrogens is 510 g/mol. The van der Waals surface area contributed by atoms with Crippen LogP contribution < -0.4 is 16.2 Å². The average Bonchev–Trinajstić information content (AvgIpc) is 2.94. The van der Waals surface area contributed by atoms with Crippen LogP contribution in [0.3, 0.4) is 0 Å². The van der Waals surface area contributed by atoms with Gasteiger partial charge in [-0.15, -0.1) is 0 Å². The van der Waals surface area contributed by atoms with Crippen LogP contribution in [0.2, 0.25) is 0 Å². The highest BCUT2D eigenvalue weighted by Gasteiger charge is 2.21. The first-order chi connectivity index (χ1) is 19.4. The van der Waals surface area contributed by atoms with Crippen LogP contribution >= 0.6 is 0 Å². The van der Waals surface area contributed by atoms with Gasteiger partial charge >= 0.3 is 0 Å². The van der Waals surface area contributed by atoms with E-state index in [1.807, 2.05) is 38.1 Å². The van der Waals surface area contributed by atoms with Crippen molar-refractivity contribution in [3.8, 4) is 0 Å². The van der Waals surface area contributed by atoms with E-state index in [2.05, 4.69) is 96.1 Å². The summed E-state index contributed by atoms with van der Waals surface area (Å²) in [5.41, 5.74) is 13.0. The molecule has 0 aliphatic heterocycles. The second kappa shape index (κ2) is 12.2. The molecular formula is C32H39N9. The van der Waals surface area contributed by atoms with Crippen LogP contribution in [-0.4, -0.2) is 31.4 Å². The monoisotopic (exact) mass is 549 g/mol.